The van der Waals surface area contributed by atoms with Gasteiger partial charge in [0.25, 0.3) is 0 Å². The number of pyridine rings is 1. The maximum absolute atomic E-state index is 12.3. The second-order valence-corrected chi connectivity index (χ2v) is 5.63. The maximum atomic E-state index is 12.3. The van der Waals surface area contributed by atoms with Crippen molar-refractivity contribution in [2.24, 2.45) is 7.05 Å². The Labute approximate surface area is 144 Å². The molecule has 3 rings (SSSR count). The summed E-state index contributed by atoms with van der Waals surface area (Å²) in [4.78, 5) is 20.8. The predicted octanol–water partition coefficient (Wildman–Crippen LogP) is 3.38. The summed E-state index contributed by atoms with van der Waals surface area (Å²) in [6.45, 7) is 0. The number of hydrogen-bond donors (Lipinski definition) is 2. The number of halogens is 1. The molecule has 2 aromatic heterocycles. The highest BCUT2D eigenvalue weighted by Crippen LogP contribution is 2.22. The smallest absolute Gasteiger partial charge is 0.321 e. The first kappa shape index (κ1) is 16.0. The number of nitrogens with zero attached hydrogens (tertiary/aromatic N) is 3. The van der Waals surface area contributed by atoms with E-state index in [9.17, 15) is 4.79 Å². The number of aromatic nitrogens is 3. The van der Waals surface area contributed by atoms with Crippen molar-refractivity contribution < 1.29 is 4.79 Å². The van der Waals surface area contributed by atoms with Crippen LogP contribution in [0.25, 0.3) is 0 Å². The Kier molecular flexibility index (Phi) is 4.77. The molecule has 3 aromatic rings. The molecule has 0 radical (unpaired) electrons. The summed E-state index contributed by atoms with van der Waals surface area (Å²) in [5.41, 5.74) is 0.880. The molecule has 0 aliphatic heterocycles. The van der Waals surface area contributed by atoms with Crippen LogP contribution >= 0.6 is 11.6 Å². The highest BCUT2D eigenvalue weighted by Gasteiger charge is 2.20. The molecule has 122 valence electrons. The average molecular weight is 342 g/mol. The first-order valence-corrected chi connectivity index (χ1v) is 7.72. The number of urea groups is 1. The number of carbonyl (C=O) groups is 1. The molecule has 1 aromatic carbocycles. The number of benzene rings is 1. The second kappa shape index (κ2) is 7.14. The maximum Gasteiger partial charge on any atom is 0.321 e. The summed E-state index contributed by atoms with van der Waals surface area (Å²) in [6.07, 6.45) is 5.14. The van der Waals surface area contributed by atoms with E-state index in [4.69, 9.17) is 11.6 Å². The van der Waals surface area contributed by atoms with E-state index in [2.05, 4.69) is 20.6 Å². The minimum atomic E-state index is -0.411. The van der Waals surface area contributed by atoms with E-state index in [1.807, 2.05) is 29.9 Å². The highest BCUT2D eigenvalue weighted by molar-refractivity contribution is 6.30. The third-order valence-corrected chi connectivity index (χ3v) is 3.75. The van der Waals surface area contributed by atoms with Gasteiger partial charge in [0.1, 0.15) is 17.7 Å². The van der Waals surface area contributed by atoms with Crippen LogP contribution in [0.15, 0.2) is 61.1 Å². The molecule has 0 saturated carbocycles. The SMILES string of the molecule is Cn1ccnc1C(NC(=O)Nc1ccccn1)c1ccc(Cl)cc1. The molecule has 0 fully saturated rings. The molecule has 2 amide bonds. The fourth-order valence-electron chi connectivity index (χ4n) is 2.33. The van der Waals surface area contributed by atoms with Gasteiger partial charge in [-0.15, -0.1) is 0 Å². The summed E-state index contributed by atoms with van der Waals surface area (Å²) < 4.78 is 1.86. The summed E-state index contributed by atoms with van der Waals surface area (Å²) in [6, 6.07) is 11.8. The van der Waals surface area contributed by atoms with Crippen LogP contribution < -0.4 is 10.6 Å². The number of nitrogens with one attached hydrogen (secondary N) is 2. The fraction of sp³-hybridized carbons (Fsp3) is 0.118. The van der Waals surface area contributed by atoms with E-state index in [1.165, 1.54) is 0 Å². The lowest BCUT2D eigenvalue weighted by atomic mass is 10.1. The summed E-state index contributed by atoms with van der Waals surface area (Å²) in [7, 11) is 1.88. The Hall–Kier alpha value is -2.86. The van der Waals surface area contributed by atoms with Crippen LogP contribution in [0.5, 0.6) is 0 Å². The van der Waals surface area contributed by atoms with Gasteiger partial charge >= 0.3 is 6.03 Å². The van der Waals surface area contributed by atoms with Crippen molar-refractivity contribution in [3.63, 3.8) is 0 Å². The van der Waals surface area contributed by atoms with Crippen molar-refractivity contribution in [3.05, 3.63) is 77.5 Å². The van der Waals surface area contributed by atoms with Crippen LogP contribution in [0.3, 0.4) is 0 Å². The van der Waals surface area contributed by atoms with E-state index >= 15 is 0 Å². The van der Waals surface area contributed by atoms with Gasteiger partial charge in [-0.2, -0.15) is 0 Å². The molecule has 0 aliphatic carbocycles. The number of amides is 2. The third-order valence-electron chi connectivity index (χ3n) is 3.50. The third kappa shape index (κ3) is 3.72. The molecule has 24 heavy (non-hydrogen) atoms. The van der Waals surface area contributed by atoms with Crippen molar-refractivity contribution in [3.8, 4) is 0 Å². The van der Waals surface area contributed by atoms with Gasteiger partial charge in [0.2, 0.25) is 0 Å². The van der Waals surface area contributed by atoms with Gasteiger partial charge in [-0.3, -0.25) is 5.32 Å². The van der Waals surface area contributed by atoms with E-state index in [-0.39, 0.29) is 6.03 Å². The topological polar surface area (TPSA) is 71.8 Å². The minimum absolute atomic E-state index is 0.364. The zero-order valence-electron chi connectivity index (χ0n) is 13.0. The number of carbonyl (C=O) groups excluding carboxylic acids is 1. The Morgan fingerprint density at radius 2 is 1.92 bits per heavy atom. The second-order valence-electron chi connectivity index (χ2n) is 5.19. The van der Waals surface area contributed by atoms with Crippen molar-refractivity contribution in [2.75, 3.05) is 5.32 Å². The van der Waals surface area contributed by atoms with Crippen LogP contribution in [-0.4, -0.2) is 20.6 Å². The van der Waals surface area contributed by atoms with Crippen LogP contribution in [0, 0.1) is 0 Å². The largest absolute Gasteiger partial charge is 0.336 e. The Bertz CT molecular complexity index is 817. The molecule has 0 bridgehead atoms. The standard InChI is InChI=1S/C17H16ClN5O/c1-23-11-10-20-16(23)15(12-5-7-13(18)8-6-12)22-17(24)21-14-4-2-3-9-19-14/h2-11,15H,1H3,(H2,19,21,22,24). The molecule has 6 nitrogen and oxygen atoms in total. The Balaban J connectivity index is 1.84. The fourth-order valence-corrected chi connectivity index (χ4v) is 2.45. The predicted molar refractivity (Wildman–Crippen MR) is 92.9 cm³/mol. The molecule has 1 unspecified atom stereocenters. The number of aryl methyl sites for hydroxylation is 1. The lowest BCUT2D eigenvalue weighted by Gasteiger charge is -2.19. The van der Waals surface area contributed by atoms with Gasteiger partial charge in [0, 0.05) is 30.7 Å². The van der Waals surface area contributed by atoms with Crippen LogP contribution in [-0.2, 0) is 7.05 Å². The Morgan fingerprint density at radius 1 is 1.12 bits per heavy atom. The van der Waals surface area contributed by atoms with E-state index in [1.54, 1.807) is 42.7 Å². The summed E-state index contributed by atoms with van der Waals surface area (Å²) in [5.74, 6) is 1.19. The molecule has 2 N–H and O–H groups in total. The normalized spacial score (nSPS) is 11.8. The number of imidazole rings is 1. The zero-order chi connectivity index (χ0) is 16.9. The average Bonchev–Trinajstić information content (AvgIpc) is 3.00. The van der Waals surface area contributed by atoms with Gasteiger partial charge in [-0.25, -0.2) is 14.8 Å². The lowest BCUT2D eigenvalue weighted by molar-refractivity contribution is 0.249. The molecule has 2 heterocycles. The van der Waals surface area contributed by atoms with Gasteiger partial charge in [0.05, 0.1) is 0 Å². The summed E-state index contributed by atoms with van der Waals surface area (Å²) in [5, 5.41) is 6.27. The van der Waals surface area contributed by atoms with Gasteiger partial charge in [-0.1, -0.05) is 29.8 Å². The van der Waals surface area contributed by atoms with Crippen LogP contribution in [0.2, 0.25) is 5.02 Å². The number of hydrogen-bond acceptors (Lipinski definition) is 3. The molecule has 7 heteroatoms. The van der Waals surface area contributed by atoms with E-state index in [0.29, 0.717) is 16.7 Å². The van der Waals surface area contributed by atoms with Crippen LogP contribution in [0.4, 0.5) is 10.6 Å². The molecule has 1 atom stereocenters. The van der Waals surface area contributed by atoms with Crippen molar-refractivity contribution in [2.45, 2.75) is 6.04 Å². The van der Waals surface area contributed by atoms with Gasteiger partial charge in [0.15, 0.2) is 0 Å². The van der Waals surface area contributed by atoms with Crippen molar-refractivity contribution >= 4 is 23.4 Å². The van der Waals surface area contributed by atoms with Crippen molar-refractivity contribution in [1.29, 1.82) is 0 Å². The lowest BCUT2D eigenvalue weighted by Crippen LogP contribution is -2.34. The first-order chi connectivity index (χ1) is 11.6. The molecule has 0 spiro atoms. The van der Waals surface area contributed by atoms with Crippen LogP contribution in [0.1, 0.15) is 17.4 Å². The molecular formula is C17H16ClN5O. The minimum Gasteiger partial charge on any atom is -0.336 e. The van der Waals surface area contributed by atoms with Gasteiger partial charge in [-0.05, 0) is 29.8 Å². The molecular weight excluding hydrogens is 326 g/mol. The highest BCUT2D eigenvalue weighted by atomic mass is 35.5. The van der Waals surface area contributed by atoms with Crippen molar-refractivity contribution in [1.82, 2.24) is 19.9 Å². The monoisotopic (exact) mass is 341 g/mol. The zero-order valence-corrected chi connectivity index (χ0v) is 13.7. The van der Waals surface area contributed by atoms with E-state index in [0.717, 1.165) is 5.56 Å². The molecule has 0 saturated heterocycles. The molecule has 0 aliphatic rings. The Morgan fingerprint density at radius 3 is 2.54 bits per heavy atom. The first-order valence-electron chi connectivity index (χ1n) is 7.35. The number of rotatable bonds is 4. The van der Waals surface area contributed by atoms with E-state index < -0.39 is 6.04 Å². The number of anilines is 1. The van der Waals surface area contributed by atoms with Gasteiger partial charge < -0.3 is 9.88 Å². The quantitative estimate of drug-likeness (QED) is 0.764. The summed E-state index contributed by atoms with van der Waals surface area (Å²) >= 11 is 5.96.